The molecule has 8 heteroatoms. The third-order valence-electron chi connectivity index (χ3n) is 6.63. The zero-order chi connectivity index (χ0) is 21.4. The number of rotatable bonds is 6. The van der Waals surface area contributed by atoms with Gasteiger partial charge < -0.3 is 14.5 Å². The van der Waals surface area contributed by atoms with Crippen LogP contribution in [0.5, 0.6) is 11.5 Å². The first kappa shape index (κ1) is 20.1. The summed E-state index contributed by atoms with van der Waals surface area (Å²) >= 11 is 0. The highest BCUT2D eigenvalue weighted by Crippen LogP contribution is 2.32. The first-order valence-electron chi connectivity index (χ1n) is 11.1. The van der Waals surface area contributed by atoms with Crippen LogP contribution in [0.1, 0.15) is 56.9 Å². The van der Waals surface area contributed by atoms with Crippen LogP contribution in [0.15, 0.2) is 35.3 Å². The molecule has 0 amide bonds. The topological polar surface area (TPSA) is 85.3 Å². The number of para-hydroxylation sites is 2. The number of hydrogen-bond acceptors (Lipinski definition) is 6. The fourth-order valence-electron chi connectivity index (χ4n) is 4.84. The molecule has 1 aromatic carbocycles. The standard InChI is InChI=1S/C23H29N5O3/c1-15(27-12-11-17(14-27)31-20-10-6-5-9-19(20)30-2)21-25-22-18(23(29)26-21)13-24-28(22)16-7-3-4-8-16/h5-6,9-10,13,15-17H,3-4,7-8,11-12,14H2,1-2H3,(H,25,26,29)/t15-,17+/m1/s1. The second-order valence-corrected chi connectivity index (χ2v) is 8.57. The number of benzene rings is 1. The molecule has 31 heavy (non-hydrogen) atoms. The molecular weight excluding hydrogens is 394 g/mol. The maximum Gasteiger partial charge on any atom is 0.262 e. The van der Waals surface area contributed by atoms with Crippen molar-refractivity contribution in [1.29, 1.82) is 0 Å². The van der Waals surface area contributed by atoms with Gasteiger partial charge in [-0.15, -0.1) is 0 Å². The number of methoxy groups -OCH3 is 1. The molecule has 0 bridgehead atoms. The zero-order valence-corrected chi connectivity index (χ0v) is 18.1. The summed E-state index contributed by atoms with van der Waals surface area (Å²) < 4.78 is 13.6. The average Bonchev–Trinajstić information content (AvgIpc) is 3.54. The van der Waals surface area contributed by atoms with Crippen LogP contribution in [0.4, 0.5) is 0 Å². The number of nitrogens with zero attached hydrogens (tertiary/aromatic N) is 4. The predicted molar refractivity (Wildman–Crippen MR) is 118 cm³/mol. The van der Waals surface area contributed by atoms with E-state index in [9.17, 15) is 4.79 Å². The minimum atomic E-state index is -0.114. The largest absolute Gasteiger partial charge is 0.493 e. The molecule has 0 radical (unpaired) electrons. The predicted octanol–water partition coefficient (Wildman–Crippen LogP) is 3.46. The Morgan fingerprint density at radius 2 is 1.94 bits per heavy atom. The molecule has 2 fully saturated rings. The number of nitrogens with one attached hydrogen (secondary N) is 1. The first-order chi connectivity index (χ1) is 15.1. The Bertz CT molecular complexity index is 1120. The normalized spacial score (nSPS) is 21.0. The van der Waals surface area contributed by atoms with Crippen molar-refractivity contribution < 1.29 is 9.47 Å². The second-order valence-electron chi connectivity index (χ2n) is 8.57. The minimum absolute atomic E-state index is 0.0182. The maximum absolute atomic E-state index is 12.7. The van der Waals surface area contributed by atoms with Crippen LogP contribution in [-0.2, 0) is 0 Å². The molecule has 2 atom stereocenters. The third kappa shape index (κ3) is 3.80. The SMILES string of the molecule is COc1ccccc1O[C@H]1CCN([C@H](C)c2nc3c(cnn3C3CCCC3)c(=O)[nH]2)C1. The Labute approximate surface area is 181 Å². The molecule has 2 aromatic heterocycles. The first-order valence-corrected chi connectivity index (χ1v) is 11.1. The van der Waals surface area contributed by atoms with E-state index in [0.29, 0.717) is 22.9 Å². The Morgan fingerprint density at radius 1 is 1.16 bits per heavy atom. The van der Waals surface area contributed by atoms with E-state index in [1.165, 1.54) is 12.8 Å². The molecule has 0 spiro atoms. The molecule has 1 N–H and O–H groups in total. The van der Waals surface area contributed by atoms with Gasteiger partial charge in [-0.25, -0.2) is 9.67 Å². The van der Waals surface area contributed by atoms with Crippen LogP contribution in [0.2, 0.25) is 0 Å². The van der Waals surface area contributed by atoms with Crippen molar-refractivity contribution >= 4 is 11.0 Å². The molecule has 5 rings (SSSR count). The fraction of sp³-hybridized carbons (Fsp3) is 0.522. The summed E-state index contributed by atoms with van der Waals surface area (Å²) in [6, 6.07) is 8.05. The molecule has 1 saturated carbocycles. The smallest absolute Gasteiger partial charge is 0.262 e. The van der Waals surface area contributed by atoms with Gasteiger partial charge in [0.2, 0.25) is 0 Å². The van der Waals surface area contributed by atoms with E-state index in [-0.39, 0.29) is 17.7 Å². The van der Waals surface area contributed by atoms with Gasteiger partial charge in [-0.05, 0) is 38.3 Å². The van der Waals surface area contributed by atoms with Crippen molar-refractivity contribution in [3.8, 4) is 11.5 Å². The van der Waals surface area contributed by atoms with E-state index in [0.717, 1.165) is 43.9 Å². The molecular formula is C23H29N5O3. The highest BCUT2D eigenvalue weighted by Gasteiger charge is 2.30. The summed E-state index contributed by atoms with van der Waals surface area (Å²) in [5, 5.41) is 5.07. The van der Waals surface area contributed by atoms with Crippen molar-refractivity contribution in [3.63, 3.8) is 0 Å². The number of hydrogen-bond donors (Lipinski definition) is 1. The Balaban J connectivity index is 1.35. The number of H-pyrrole nitrogens is 1. The Hall–Kier alpha value is -2.87. The van der Waals surface area contributed by atoms with Gasteiger partial charge >= 0.3 is 0 Å². The quantitative estimate of drug-likeness (QED) is 0.654. The summed E-state index contributed by atoms with van der Waals surface area (Å²) in [6.45, 7) is 3.74. The average molecular weight is 424 g/mol. The maximum atomic E-state index is 12.7. The lowest BCUT2D eigenvalue weighted by Gasteiger charge is -2.24. The lowest BCUT2D eigenvalue weighted by atomic mass is 10.2. The van der Waals surface area contributed by atoms with Crippen LogP contribution < -0.4 is 15.0 Å². The van der Waals surface area contributed by atoms with E-state index in [2.05, 4.69) is 21.9 Å². The van der Waals surface area contributed by atoms with Crippen molar-refractivity contribution in [2.24, 2.45) is 0 Å². The summed E-state index contributed by atoms with van der Waals surface area (Å²) in [6.07, 6.45) is 7.25. The minimum Gasteiger partial charge on any atom is -0.493 e. The zero-order valence-electron chi connectivity index (χ0n) is 18.1. The molecule has 1 aliphatic carbocycles. The Morgan fingerprint density at radius 3 is 2.71 bits per heavy atom. The highest BCUT2D eigenvalue weighted by atomic mass is 16.5. The highest BCUT2D eigenvalue weighted by molar-refractivity contribution is 5.73. The number of ether oxygens (including phenoxy) is 2. The summed E-state index contributed by atoms with van der Waals surface area (Å²) in [4.78, 5) is 22.9. The molecule has 0 unspecified atom stereocenters. The summed E-state index contributed by atoms with van der Waals surface area (Å²) in [5.41, 5.74) is 0.593. The van der Waals surface area contributed by atoms with Crippen molar-refractivity contribution in [3.05, 3.63) is 46.6 Å². The number of fused-ring (bicyclic) bond motifs is 1. The molecule has 2 aliphatic rings. The number of aromatic amines is 1. The monoisotopic (exact) mass is 423 g/mol. The van der Waals surface area contributed by atoms with E-state index >= 15 is 0 Å². The van der Waals surface area contributed by atoms with Crippen molar-refractivity contribution in [1.82, 2.24) is 24.6 Å². The van der Waals surface area contributed by atoms with Crippen molar-refractivity contribution in [2.45, 2.75) is 57.2 Å². The molecule has 1 saturated heterocycles. The number of aromatic nitrogens is 4. The number of likely N-dealkylation sites (tertiary alicyclic amines) is 1. The lowest BCUT2D eigenvalue weighted by Crippen LogP contribution is -2.30. The van der Waals surface area contributed by atoms with Crippen LogP contribution in [0.3, 0.4) is 0 Å². The van der Waals surface area contributed by atoms with Gasteiger partial charge in [-0.1, -0.05) is 25.0 Å². The van der Waals surface area contributed by atoms with E-state index < -0.39 is 0 Å². The molecule has 3 heterocycles. The van der Waals surface area contributed by atoms with Crippen LogP contribution in [0.25, 0.3) is 11.0 Å². The molecule has 3 aromatic rings. The fourth-order valence-corrected chi connectivity index (χ4v) is 4.84. The Kier molecular flexibility index (Phi) is 5.40. The van der Waals surface area contributed by atoms with Gasteiger partial charge in [-0.2, -0.15) is 5.10 Å². The van der Waals surface area contributed by atoms with Gasteiger partial charge in [0.25, 0.3) is 5.56 Å². The molecule has 1 aliphatic heterocycles. The van der Waals surface area contributed by atoms with Gasteiger partial charge in [0.1, 0.15) is 17.3 Å². The van der Waals surface area contributed by atoms with Gasteiger partial charge in [0.05, 0.1) is 25.4 Å². The van der Waals surface area contributed by atoms with Gasteiger partial charge in [-0.3, -0.25) is 9.69 Å². The third-order valence-corrected chi connectivity index (χ3v) is 6.63. The summed E-state index contributed by atoms with van der Waals surface area (Å²) in [5.74, 6) is 2.19. The van der Waals surface area contributed by atoms with Crippen molar-refractivity contribution in [2.75, 3.05) is 20.2 Å². The van der Waals surface area contributed by atoms with E-state index in [1.54, 1.807) is 13.3 Å². The molecule has 164 valence electrons. The second kappa shape index (κ2) is 8.34. The van der Waals surface area contributed by atoms with Gasteiger partial charge in [0.15, 0.2) is 17.1 Å². The van der Waals surface area contributed by atoms with Gasteiger partial charge in [0, 0.05) is 13.1 Å². The molecule has 8 nitrogen and oxygen atoms in total. The summed E-state index contributed by atoms with van der Waals surface area (Å²) in [7, 11) is 1.65. The van der Waals surface area contributed by atoms with Crippen LogP contribution in [-0.4, -0.2) is 51.0 Å². The lowest BCUT2D eigenvalue weighted by molar-refractivity contribution is 0.175. The van der Waals surface area contributed by atoms with E-state index in [1.807, 2.05) is 28.9 Å². The van der Waals surface area contributed by atoms with Crippen LogP contribution >= 0.6 is 0 Å². The van der Waals surface area contributed by atoms with Crippen LogP contribution in [0, 0.1) is 0 Å². The van der Waals surface area contributed by atoms with E-state index in [4.69, 9.17) is 14.5 Å².